The fourth-order valence-electron chi connectivity index (χ4n) is 3.02. The number of aromatic nitrogens is 3. The molecule has 2 aromatic carbocycles. The van der Waals surface area contributed by atoms with Crippen LogP contribution in [0.2, 0.25) is 0 Å². The van der Waals surface area contributed by atoms with Gasteiger partial charge in [-0.15, -0.1) is 0 Å². The summed E-state index contributed by atoms with van der Waals surface area (Å²) in [5.74, 6) is -1.03. The quantitative estimate of drug-likeness (QED) is 0.420. The number of rotatable bonds is 6. The van der Waals surface area contributed by atoms with Gasteiger partial charge in [0.2, 0.25) is 11.7 Å². The highest BCUT2D eigenvalue weighted by Gasteiger charge is 2.38. The standard InChI is InChI=1S/C21H16F3N3O4/c1-29-15-8-6-13(7-9-15)19-25-14(12-31-19)11-30-18(28)10-27-17-5-3-2-4-16(17)26-20(27)21(22,23)24/h2-9,12H,10-11H2,1H3. The lowest BCUT2D eigenvalue weighted by Gasteiger charge is -2.10. The van der Waals surface area contributed by atoms with Gasteiger partial charge >= 0.3 is 12.1 Å². The Hall–Kier alpha value is -3.82. The molecule has 0 radical (unpaired) electrons. The van der Waals surface area contributed by atoms with Crippen LogP contribution in [0.15, 0.2) is 59.2 Å². The summed E-state index contributed by atoms with van der Waals surface area (Å²) in [7, 11) is 1.55. The highest BCUT2D eigenvalue weighted by Crippen LogP contribution is 2.31. The number of para-hydroxylation sites is 2. The molecule has 0 amide bonds. The molecule has 0 aliphatic rings. The largest absolute Gasteiger partial charge is 0.497 e. The van der Waals surface area contributed by atoms with Crippen molar-refractivity contribution >= 4 is 17.0 Å². The Balaban J connectivity index is 1.45. The molecule has 10 heteroatoms. The van der Waals surface area contributed by atoms with Gasteiger partial charge in [-0.1, -0.05) is 12.1 Å². The van der Waals surface area contributed by atoms with Crippen molar-refractivity contribution in [2.24, 2.45) is 0 Å². The Morgan fingerprint density at radius 1 is 1.10 bits per heavy atom. The number of carbonyl (C=O) groups is 1. The number of carbonyl (C=O) groups excluding carboxylic acids is 1. The summed E-state index contributed by atoms with van der Waals surface area (Å²) < 4.78 is 56.4. The van der Waals surface area contributed by atoms with Crippen molar-refractivity contribution in [3.05, 3.63) is 66.3 Å². The van der Waals surface area contributed by atoms with Gasteiger partial charge in [0.05, 0.1) is 18.1 Å². The molecule has 0 saturated carbocycles. The minimum atomic E-state index is -4.71. The minimum Gasteiger partial charge on any atom is -0.497 e. The summed E-state index contributed by atoms with van der Waals surface area (Å²) in [6.45, 7) is -0.884. The normalized spacial score (nSPS) is 11.6. The van der Waals surface area contributed by atoms with Crippen molar-refractivity contribution in [3.63, 3.8) is 0 Å². The fourth-order valence-corrected chi connectivity index (χ4v) is 3.02. The Morgan fingerprint density at radius 3 is 2.55 bits per heavy atom. The van der Waals surface area contributed by atoms with Crippen LogP contribution in [-0.2, 0) is 28.9 Å². The maximum Gasteiger partial charge on any atom is 0.449 e. The lowest BCUT2D eigenvalue weighted by atomic mass is 10.2. The van der Waals surface area contributed by atoms with Gasteiger partial charge in [-0.3, -0.25) is 4.79 Å². The number of benzene rings is 2. The maximum atomic E-state index is 13.3. The molecule has 0 saturated heterocycles. The Bertz CT molecular complexity index is 1210. The van der Waals surface area contributed by atoms with Gasteiger partial charge in [0.15, 0.2) is 0 Å². The molecule has 0 fully saturated rings. The first kappa shape index (κ1) is 20.5. The first-order valence-electron chi connectivity index (χ1n) is 9.12. The summed E-state index contributed by atoms with van der Waals surface area (Å²) >= 11 is 0. The maximum absolute atomic E-state index is 13.3. The molecule has 2 aromatic heterocycles. The fraction of sp³-hybridized carbons (Fsp3) is 0.190. The summed E-state index contributed by atoms with van der Waals surface area (Å²) in [4.78, 5) is 20.1. The van der Waals surface area contributed by atoms with Crippen LogP contribution >= 0.6 is 0 Å². The van der Waals surface area contributed by atoms with Crippen LogP contribution in [-0.4, -0.2) is 27.6 Å². The van der Waals surface area contributed by atoms with E-state index < -0.39 is 24.5 Å². The third kappa shape index (κ3) is 4.37. The summed E-state index contributed by atoms with van der Waals surface area (Å²) in [5, 5.41) is 0. The Labute approximate surface area is 174 Å². The Morgan fingerprint density at radius 2 is 1.84 bits per heavy atom. The summed E-state index contributed by atoms with van der Waals surface area (Å²) in [6, 6.07) is 13.0. The molecule has 0 unspecified atom stereocenters. The second kappa shape index (κ2) is 8.13. The molecular formula is C21H16F3N3O4. The molecule has 2 heterocycles. The van der Waals surface area contributed by atoms with Crippen molar-refractivity contribution in [2.45, 2.75) is 19.3 Å². The van der Waals surface area contributed by atoms with Crippen LogP contribution in [0.4, 0.5) is 13.2 Å². The molecule has 0 bridgehead atoms. The van der Waals surface area contributed by atoms with Crippen LogP contribution in [0.25, 0.3) is 22.5 Å². The van der Waals surface area contributed by atoms with Crippen molar-refractivity contribution in [1.82, 2.24) is 14.5 Å². The number of halogens is 3. The SMILES string of the molecule is COc1ccc(-c2nc(COC(=O)Cn3c(C(F)(F)F)nc4ccccc43)co2)cc1. The van der Waals surface area contributed by atoms with E-state index in [1.807, 2.05) is 0 Å². The predicted octanol–water partition coefficient (Wildman–Crippen LogP) is 4.46. The third-order valence-corrected chi connectivity index (χ3v) is 4.47. The first-order valence-corrected chi connectivity index (χ1v) is 9.12. The van der Waals surface area contributed by atoms with Crippen molar-refractivity contribution in [3.8, 4) is 17.2 Å². The second-order valence-electron chi connectivity index (χ2n) is 6.54. The highest BCUT2D eigenvalue weighted by atomic mass is 19.4. The van der Waals surface area contributed by atoms with E-state index in [-0.39, 0.29) is 17.6 Å². The van der Waals surface area contributed by atoms with E-state index in [0.717, 1.165) is 4.57 Å². The van der Waals surface area contributed by atoms with E-state index in [4.69, 9.17) is 13.9 Å². The van der Waals surface area contributed by atoms with Gasteiger partial charge in [-0.2, -0.15) is 13.2 Å². The number of nitrogens with zero attached hydrogens (tertiary/aromatic N) is 3. The topological polar surface area (TPSA) is 79.4 Å². The average molecular weight is 431 g/mol. The van der Waals surface area contributed by atoms with Gasteiger partial charge in [0.1, 0.15) is 30.9 Å². The molecule has 160 valence electrons. The molecule has 0 spiro atoms. The van der Waals surface area contributed by atoms with Crippen molar-refractivity contribution in [2.75, 3.05) is 7.11 Å². The van der Waals surface area contributed by atoms with Crippen LogP contribution in [0.3, 0.4) is 0 Å². The third-order valence-electron chi connectivity index (χ3n) is 4.47. The minimum absolute atomic E-state index is 0.142. The first-order chi connectivity index (χ1) is 14.8. The molecule has 31 heavy (non-hydrogen) atoms. The number of hydrogen-bond acceptors (Lipinski definition) is 6. The van der Waals surface area contributed by atoms with E-state index in [1.54, 1.807) is 43.5 Å². The molecule has 0 aliphatic heterocycles. The number of alkyl halides is 3. The number of oxazole rings is 1. The van der Waals surface area contributed by atoms with Gasteiger partial charge in [-0.25, -0.2) is 9.97 Å². The molecule has 7 nitrogen and oxygen atoms in total. The number of imidazole rings is 1. The zero-order valence-electron chi connectivity index (χ0n) is 16.2. The number of hydrogen-bond donors (Lipinski definition) is 0. The summed E-state index contributed by atoms with van der Waals surface area (Å²) in [5.41, 5.74) is 1.35. The molecule has 0 aliphatic carbocycles. The van der Waals surface area contributed by atoms with Crippen LogP contribution in [0.5, 0.6) is 5.75 Å². The second-order valence-corrected chi connectivity index (χ2v) is 6.54. The number of fused-ring (bicyclic) bond motifs is 1. The monoisotopic (exact) mass is 431 g/mol. The van der Waals surface area contributed by atoms with Crippen LogP contribution in [0.1, 0.15) is 11.5 Å². The van der Waals surface area contributed by atoms with Gasteiger partial charge in [0.25, 0.3) is 0 Å². The van der Waals surface area contributed by atoms with E-state index in [2.05, 4.69) is 9.97 Å². The van der Waals surface area contributed by atoms with E-state index >= 15 is 0 Å². The van der Waals surface area contributed by atoms with Gasteiger partial charge < -0.3 is 18.5 Å². The van der Waals surface area contributed by atoms with Gasteiger partial charge in [0, 0.05) is 5.56 Å². The molecular weight excluding hydrogens is 415 g/mol. The average Bonchev–Trinajstić information content (AvgIpc) is 3.37. The molecule has 4 aromatic rings. The smallest absolute Gasteiger partial charge is 0.449 e. The van der Waals surface area contributed by atoms with E-state index in [9.17, 15) is 18.0 Å². The van der Waals surface area contributed by atoms with Crippen molar-refractivity contribution < 1.29 is 31.9 Å². The molecule has 4 rings (SSSR count). The number of esters is 1. The number of methoxy groups -OCH3 is 1. The highest BCUT2D eigenvalue weighted by molar-refractivity contribution is 5.79. The van der Waals surface area contributed by atoms with Gasteiger partial charge in [-0.05, 0) is 36.4 Å². The predicted molar refractivity (Wildman–Crippen MR) is 103 cm³/mol. The van der Waals surface area contributed by atoms with Crippen molar-refractivity contribution in [1.29, 1.82) is 0 Å². The number of ether oxygens (including phenoxy) is 2. The zero-order chi connectivity index (χ0) is 22.0. The van der Waals surface area contributed by atoms with E-state index in [1.165, 1.54) is 18.4 Å². The lowest BCUT2D eigenvalue weighted by molar-refractivity contribution is -0.151. The molecule has 0 atom stereocenters. The lowest BCUT2D eigenvalue weighted by Crippen LogP contribution is -2.20. The van der Waals surface area contributed by atoms with Crippen LogP contribution < -0.4 is 4.74 Å². The molecule has 0 N–H and O–H groups in total. The van der Waals surface area contributed by atoms with Crippen LogP contribution in [0, 0.1) is 0 Å². The Kier molecular flexibility index (Phi) is 5.37. The van der Waals surface area contributed by atoms with E-state index in [0.29, 0.717) is 22.9 Å². The zero-order valence-corrected chi connectivity index (χ0v) is 16.2. The summed E-state index contributed by atoms with van der Waals surface area (Å²) in [6.07, 6.45) is -3.39.